The monoisotopic (exact) mass is 189 g/mol. The Morgan fingerprint density at radius 2 is 2.18 bits per heavy atom. The van der Waals surface area contributed by atoms with Crippen molar-refractivity contribution in [3.8, 4) is 0 Å². The highest BCUT2D eigenvalue weighted by Crippen LogP contribution is 2.13. The van der Waals surface area contributed by atoms with E-state index in [2.05, 4.69) is 22.7 Å². The van der Waals surface area contributed by atoms with Crippen LogP contribution in [0.5, 0.6) is 0 Å². The summed E-state index contributed by atoms with van der Waals surface area (Å²) in [6.45, 7) is 0. The minimum absolute atomic E-state index is 0.246. The molecule has 1 heterocycles. The fourth-order valence-corrected chi connectivity index (χ4v) is 1.86. The van der Waals surface area contributed by atoms with Gasteiger partial charge in [0.2, 0.25) is 0 Å². The van der Waals surface area contributed by atoms with Gasteiger partial charge >= 0.3 is 0 Å². The van der Waals surface area contributed by atoms with E-state index in [1.807, 2.05) is 11.8 Å². The van der Waals surface area contributed by atoms with E-state index < -0.39 is 0 Å². The third kappa shape index (κ3) is 3.57. The topological polar surface area (TPSA) is 50.4 Å². The lowest BCUT2D eigenvalue weighted by Gasteiger charge is -2.11. The Morgan fingerprint density at radius 3 is 2.73 bits per heavy atom. The van der Waals surface area contributed by atoms with E-state index in [1.165, 1.54) is 5.71 Å². The highest BCUT2D eigenvalue weighted by atomic mass is 32.2. The smallest absolute Gasteiger partial charge is 0.184 e. The fraction of sp³-hybridized carbons (Fsp3) is 0.667. The van der Waals surface area contributed by atoms with Gasteiger partial charge in [-0.3, -0.25) is 5.43 Å². The van der Waals surface area contributed by atoms with Gasteiger partial charge < -0.3 is 5.73 Å². The average molecular weight is 189 g/mol. The van der Waals surface area contributed by atoms with E-state index in [9.17, 15) is 0 Å². The summed E-state index contributed by atoms with van der Waals surface area (Å²) in [6, 6.07) is 0. The molecular formula is C6H11N3S2. The molecule has 0 aromatic rings. The van der Waals surface area contributed by atoms with Crippen LogP contribution in [0.4, 0.5) is 0 Å². The van der Waals surface area contributed by atoms with Crippen molar-refractivity contribution in [3.63, 3.8) is 0 Å². The molecule has 62 valence electrons. The molecule has 0 spiro atoms. The first kappa shape index (κ1) is 8.80. The molecule has 0 radical (unpaired) electrons. The average Bonchev–Trinajstić information content (AvgIpc) is 2.03. The molecular weight excluding hydrogens is 178 g/mol. The lowest BCUT2D eigenvalue weighted by Crippen LogP contribution is -2.26. The molecule has 11 heavy (non-hydrogen) atoms. The van der Waals surface area contributed by atoms with E-state index >= 15 is 0 Å². The molecule has 0 bridgehead atoms. The Balaban J connectivity index is 2.32. The molecule has 5 heteroatoms. The number of nitrogens with zero attached hydrogens (tertiary/aromatic N) is 1. The van der Waals surface area contributed by atoms with Crippen LogP contribution in [0.15, 0.2) is 5.10 Å². The van der Waals surface area contributed by atoms with E-state index in [1.54, 1.807) is 0 Å². The zero-order valence-corrected chi connectivity index (χ0v) is 7.80. The molecule has 0 aromatic heterocycles. The Labute approximate surface area is 75.8 Å². The van der Waals surface area contributed by atoms with E-state index in [0.717, 1.165) is 24.3 Å². The van der Waals surface area contributed by atoms with Crippen LogP contribution in [0.2, 0.25) is 0 Å². The molecule has 1 saturated heterocycles. The molecule has 0 saturated carbocycles. The van der Waals surface area contributed by atoms with Gasteiger partial charge in [-0.05, 0) is 36.6 Å². The van der Waals surface area contributed by atoms with Crippen LogP contribution in [-0.2, 0) is 0 Å². The van der Waals surface area contributed by atoms with Crippen molar-refractivity contribution in [2.24, 2.45) is 10.8 Å². The second kappa shape index (κ2) is 4.56. The Bertz CT molecular complexity index is 171. The van der Waals surface area contributed by atoms with Crippen LogP contribution < -0.4 is 11.2 Å². The van der Waals surface area contributed by atoms with Crippen molar-refractivity contribution < 1.29 is 0 Å². The van der Waals surface area contributed by atoms with E-state index in [4.69, 9.17) is 5.73 Å². The fourth-order valence-electron chi connectivity index (χ4n) is 0.853. The molecule has 0 aromatic carbocycles. The van der Waals surface area contributed by atoms with E-state index in [0.29, 0.717) is 0 Å². The SMILES string of the molecule is NC(=S)NN=C1CCSCC1. The summed E-state index contributed by atoms with van der Waals surface area (Å²) >= 11 is 6.58. The number of nitrogens with two attached hydrogens (primary N) is 1. The van der Waals surface area contributed by atoms with Gasteiger partial charge in [-0.2, -0.15) is 16.9 Å². The van der Waals surface area contributed by atoms with Gasteiger partial charge in [0.15, 0.2) is 5.11 Å². The van der Waals surface area contributed by atoms with Gasteiger partial charge in [0.05, 0.1) is 0 Å². The molecule has 0 atom stereocenters. The maximum Gasteiger partial charge on any atom is 0.184 e. The molecule has 0 aliphatic carbocycles. The van der Waals surface area contributed by atoms with Gasteiger partial charge in [0.1, 0.15) is 0 Å². The number of hydrazone groups is 1. The second-order valence-electron chi connectivity index (χ2n) is 2.27. The first-order chi connectivity index (χ1) is 5.29. The number of rotatable bonds is 1. The minimum atomic E-state index is 0.246. The van der Waals surface area contributed by atoms with Gasteiger partial charge in [0, 0.05) is 5.71 Å². The summed E-state index contributed by atoms with van der Waals surface area (Å²) in [5, 5.41) is 4.32. The maximum absolute atomic E-state index is 5.22. The van der Waals surface area contributed by atoms with Crippen molar-refractivity contribution in [2.45, 2.75) is 12.8 Å². The molecule has 1 fully saturated rings. The van der Waals surface area contributed by atoms with Crippen LogP contribution in [0.1, 0.15) is 12.8 Å². The summed E-state index contributed by atoms with van der Waals surface area (Å²) in [5.41, 5.74) is 9.00. The molecule has 3 N–H and O–H groups in total. The van der Waals surface area contributed by atoms with E-state index in [-0.39, 0.29) is 5.11 Å². The molecule has 3 nitrogen and oxygen atoms in total. The normalized spacial score (nSPS) is 17.6. The Morgan fingerprint density at radius 1 is 1.55 bits per heavy atom. The summed E-state index contributed by atoms with van der Waals surface area (Å²) in [4.78, 5) is 0. The van der Waals surface area contributed by atoms with Crippen LogP contribution in [0.25, 0.3) is 0 Å². The third-order valence-electron chi connectivity index (χ3n) is 1.39. The number of hydrogen-bond donors (Lipinski definition) is 2. The predicted octanol–water partition coefficient (Wildman–Crippen LogP) is 0.703. The number of thioether (sulfide) groups is 1. The third-order valence-corrected chi connectivity index (χ3v) is 2.47. The standard InChI is InChI=1S/C6H11N3S2/c7-6(10)9-8-5-1-3-11-4-2-5/h1-4H2,(H3,7,9,10). The summed E-state index contributed by atoms with van der Waals surface area (Å²) in [7, 11) is 0. The number of thiocarbonyl (C=S) groups is 1. The number of nitrogens with one attached hydrogen (secondary N) is 1. The zero-order valence-electron chi connectivity index (χ0n) is 6.17. The van der Waals surface area contributed by atoms with Crippen molar-refractivity contribution >= 4 is 34.8 Å². The first-order valence-corrected chi connectivity index (χ1v) is 5.04. The quantitative estimate of drug-likeness (QED) is 0.471. The van der Waals surface area contributed by atoms with Crippen LogP contribution in [0.3, 0.4) is 0 Å². The lowest BCUT2D eigenvalue weighted by atomic mass is 10.2. The highest BCUT2D eigenvalue weighted by Gasteiger charge is 2.06. The van der Waals surface area contributed by atoms with Gasteiger partial charge in [0.25, 0.3) is 0 Å². The van der Waals surface area contributed by atoms with Gasteiger partial charge in [-0.25, -0.2) is 0 Å². The molecule has 1 rings (SSSR count). The summed E-state index contributed by atoms with van der Waals surface area (Å²) in [5.74, 6) is 2.33. The van der Waals surface area contributed by atoms with Crippen molar-refractivity contribution in [1.29, 1.82) is 0 Å². The Kier molecular flexibility index (Phi) is 3.65. The van der Waals surface area contributed by atoms with Gasteiger partial charge in [-0.1, -0.05) is 0 Å². The maximum atomic E-state index is 5.22. The van der Waals surface area contributed by atoms with Crippen molar-refractivity contribution in [2.75, 3.05) is 11.5 Å². The molecule has 0 unspecified atom stereocenters. The minimum Gasteiger partial charge on any atom is -0.375 e. The van der Waals surface area contributed by atoms with Crippen LogP contribution in [0, 0.1) is 0 Å². The van der Waals surface area contributed by atoms with Crippen LogP contribution in [-0.4, -0.2) is 22.3 Å². The first-order valence-electron chi connectivity index (χ1n) is 3.47. The molecule has 1 aliphatic rings. The summed E-state index contributed by atoms with van der Waals surface area (Å²) in [6.07, 6.45) is 2.11. The molecule has 0 amide bonds. The highest BCUT2D eigenvalue weighted by molar-refractivity contribution is 7.99. The summed E-state index contributed by atoms with van der Waals surface area (Å²) < 4.78 is 0. The van der Waals surface area contributed by atoms with Crippen LogP contribution >= 0.6 is 24.0 Å². The Hall–Kier alpha value is -0.290. The number of hydrogen-bond acceptors (Lipinski definition) is 3. The predicted molar refractivity (Wildman–Crippen MR) is 53.9 cm³/mol. The molecule has 1 aliphatic heterocycles. The largest absolute Gasteiger partial charge is 0.375 e. The van der Waals surface area contributed by atoms with Crippen molar-refractivity contribution in [3.05, 3.63) is 0 Å². The van der Waals surface area contributed by atoms with Gasteiger partial charge in [-0.15, -0.1) is 0 Å². The zero-order chi connectivity index (χ0) is 8.10. The lowest BCUT2D eigenvalue weighted by molar-refractivity contribution is 0.983. The second-order valence-corrected chi connectivity index (χ2v) is 3.93. The van der Waals surface area contributed by atoms with Crippen molar-refractivity contribution in [1.82, 2.24) is 5.43 Å².